The number of nitrogens with one attached hydrogen (secondary N) is 1. The maximum absolute atomic E-state index is 6.20. The molecule has 1 heterocycles. The Hall–Kier alpha value is -0.860. The van der Waals surface area contributed by atoms with E-state index >= 15 is 0 Å². The van der Waals surface area contributed by atoms with Crippen LogP contribution in [-0.4, -0.2) is 18.7 Å². The van der Waals surface area contributed by atoms with Gasteiger partial charge in [-0.2, -0.15) is 0 Å². The van der Waals surface area contributed by atoms with Gasteiger partial charge in [0.15, 0.2) is 0 Å². The highest BCUT2D eigenvalue weighted by molar-refractivity contribution is 5.39. The number of hydrogen-bond acceptors (Lipinski definition) is 2. The molecule has 1 aromatic carbocycles. The Morgan fingerprint density at radius 2 is 1.76 bits per heavy atom. The molecular weight excluding hydrogens is 258 g/mol. The quantitative estimate of drug-likeness (QED) is 0.886. The predicted octanol–water partition coefficient (Wildman–Crippen LogP) is 4.47. The molecule has 0 aliphatic carbocycles. The smallest absolute Gasteiger partial charge is 0.0870 e. The van der Waals surface area contributed by atoms with Crippen LogP contribution in [0, 0.1) is 26.7 Å². The lowest BCUT2D eigenvalue weighted by atomic mass is 9.84. The van der Waals surface area contributed by atoms with Crippen LogP contribution in [0.15, 0.2) is 12.1 Å². The summed E-state index contributed by atoms with van der Waals surface area (Å²) in [6.07, 6.45) is 2.67. The van der Waals surface area contributed by atoms with Gasteiger partial charge in [-0.05, 0) is 71.1 Å². The Kier molecular flexibility index (Phi) is 5.11. The molecule has 1 fully saturated rings. The molecule has 118 valence electrons. The number of hydrogen-bond donors (Lipinski definition) is 1. The van der Waals surface area contributed by atoms with E-state index in [0.717, 1.165) is 13.2 Å². The second-order valence-electron chi connectivity index (χ2n) is 7.64. The Bertz CT molecular complexity index is 464. The third-order valence-electron chi connectivity index (χ3n) is 4.36. The van der Waals surface area contributed by atoms with Crippen molar-refractivity contribution in [3.05, 3.63) is 34.4 Å². The number of benzene rings is 1. The monoisotopic (exact) mass is 289 g/mol. The first-order valence-corrected chi connectivity index (χ1v) is 8.22. The summed E-state index contributed by atoms with van der Waals surface area (Å²) in [5.74, 6) is 0.568. The molecule has 2 unspecified atom stereocenters. The zero-order valence-corrected chi connectivity index (χ0v) is 14.5. The maximum atomic E-state index is 6.20. The van der Waals surface area contributed by atoms with Crippen molar-refractivity contribution in [2.75, 3.05) is 13.2 Å². The summed E-state index contributed by atoms with van der Waals surface area (Å²) in [7, 11) is 0. The molecule has 1 N–H and O–H groups in total. The minimum atomic E-state index is 0.166. The molecule has 0 amide bonds. The number of aryl methyl sites for hydroxylation is 3. The van der Waals surface area contributed by atoms with Gasteiger partial charge < -0.3 is 10.1 Å². The normalized spacial score (nSPS) is 23.3. The van der Waals surface area contributed by atoms with Crippen LogP contribution in [0.3, 0.4) is 0 Å². The summed E-state index contributed by atoms with van der Waals surface area (Å²) >= 11 is 0. The first-order valence-electron chi connectivity index (χ1n) is 8.22. The summed E-state index contributed by atoms with van der Waals surface area (Å²) in [5.41, 5.74) is 5.68. The molecule has 1 aliphatic heterocycles. The van der Waals surface area contributed by atoms with Gasteiger partial charge in [0, 0.05) is 24.6 Å². The van der Waals surface area contributed by atoms with Crippen LogP contribution in [-0.2, 0) is 4.74 Å². The van der Waals surface area contributed by atoms with Crippen LogP contribution in [0.1, 0.15) is 62.0 Å². The maximum Gasteiger partial charge on any atom is 0.0870 e. The van der Waals surface area contributed by atoms with E-state index in [9.17, 15) is 0 Å². The number of ether oxygens (including phenoxy) is 1. The van der Waals surface area contributed by atoms with E-state index < -0.39 is 0 Å². The topological polar surface area (TPSA) is 21.3 Å². The molecule has 0 bridgehead atoms. The summed E-state index contributed by atoms with van der Waals surface area (Å²) in [5, 5.41) is 3.66. The van der Waals surface area contributed by atoms with Gasteiger partial charge in [0.2, 0.25) is 0 Å². The standard InChI is InChI=1S/C19H31NO/c1-13-10-14(2)17(15(3)11-13)18-16(8-7-9-21-18)12-20-19(4,5)6/h10-11,16,18,20H,7-9,12H2,1-6H3. The van der Waals surface area contributed by atoms with Crippen molar-refractivity contribution in [3.8, 4) is 0 Å². The third kappa shape index (κ3) is 4.31. The van der Waals surface area contributed by atoms with Crippen LogP contribution >= 0.6 is 0 Å². The van der Waals surface area contributed by atoms with Crippen LogP contribution in [0.25, 0.3) is 0 Å². The Balaban J connectivity index is 2.23. The largest absolute Gasteiger partial charge is 0.373 e. The molecule has 2 atom stereocenters. The second kappa shape index (κ2) is 6.50. The van der Waals surface area contributed by atoms with Gasteiger partial charge in [-0.1, -0.05) is 17.7 Å². The Morgan fingerprint density at radius 1 is 1.14 bits per heavy atom. The lowest BCUT2D eigenvalue weighted by molar-refractivity contribution is -0.0299. The molecule has 0 saturated carbocycles. The molecule has 2 nitrogen and oxygen atoms in total. The zero-order chi connectivity index (χ0) is 15.6. The highest BCUT2D eigenvalue weighted by Crippen LogP contribution is 2.37. The van der Waals surface area contributed by atoms with Crippen LogP contribution in [0.5, 0.6) is 0 Å². The van der Waals surface area contributed by atoms with Crippen molar-refractivity contribution >= 4 is 0 Å². The molecule has 21 heavy (non-hydrogen) atoms. The van der Waals surface area contributed by atoms with Crippen molar-refractivity contribution in [3.63, 3.8) is 0 Å². The lowest BCUT2D eigenvalue weighted by Crippen LogP contribution is -2.42. The van der Waals surface area contributed by atoms with E-state index in [-0.39, 0.29) is 11.6 Å². The first-order chi connectivity index (χ1) is 9.78. The van der Waals surface area contributed by atoms with Gasteiger partial charge in [-0.25, -0.2) is 0 Å². The fourth-order valence-electron chi connectivity index (χ4n) is 3.45. The van der Waals surface area contributed by atoms with E-state index in [4.69, 9.17) is 4.74 Å². The van der Waals surface area contributed by atoms with Gasteiger partial charge in [0.05, 0.1) is 6.10 Å². The fourth-order valence-corrected chi connectivity index (χ4v) is 3.45. The third-order valence-corrected chi connectivity index (χ3v) is 4.36. The minimum Gasteiger partial charge on any atom is -0.373 e. The average Bonchev–Trinajstić information content (AvgIpc) is 2.35. The summed E-state index contributed by atoms with van der Waals surface area (Å²) in [4.78, 5) is 0. The minimum absolute atomic E-state index is 0.166. The van der Waals surface area contributed by atoms with Crippen LogP contribution in [0.2, 0.25) is 0 Å². The van der Waals surface area contributed by atoms with Crippen molar-refractivity contribution in [2.24, 2.45) is 5.92 Å². The van der Waals surface area contributed by atoms with Gasteiger partial charge in [0.25, 0.3) is 0 Å². The average molecular weight is 289 g/mol. The molecule has 1 aromatic rings. The van der Waals surface area contributed by atoms with Gasteiger partial charge in [-0.15, -0.1) is 0 Å². The van der Waals surface area contributed by atoms with Gasteiger partial charge in [-0.3, -0.25) is 0 Å². The van der Waals surface area contributed by atoms with Crippen molar-refractivity contribution < 1.29 is 4.74 Å². The van der Waals surface area contributed by atoms with E-state index in [0.29, 0.717) is 5.92 Å². The molecule has 0 spiro atoms. The van der Waals surface area contributed by atoms with Gasteiger partial charge >= 0.3 is 0 Å². The first kappa shape index (κ1) is 16.5. The zero-order valence-electron chi connectivity index (χ0n) is 14.5. The SMILES string of the molecule is Cc1cc(C)c(C2OCCCC2CNC(C)(C)C)c(C)c1. The summed E-state index contributed by atoms with van der Waals surface area (Å²) < 4.78 is 6.20. The van der Waals surface area contributed by atoms with E-state index in [1.807, 2.05) is 0 Å². The molecule has 0 aromatic heterocycles. The van der Waals surface area contributed by atoms with E-state index in [1.165, 1.54) is 35.1 Å². The molecule has 2 heteroatoms. The molecule has 0 radical (unpaired) electrons. The van der Waals surface area contributed by atoms with E-state index in [1.54, 1.807) is 0 Å². The summed E-state index contributed by atoms with van der Waals surface area (Å²) in [6, 6.07) is 4.57. The van der Waals surface area contributed by atoms with E-state index in [2.05, 4.69) is 59.0 Å². The van der Waals surface area contributed by atoms with Crippen LogP contribution < -0.4 is 5.32 Å². The number of rotatable bonds is 3. The second-order valence-corrected chi connectivity index (χ2v) is 7.64. The highest BCUT2D eigenvalue weighted by atomic mass is 16.5. The van der Waals surface area contributed by atoms with Crippen molar-refractivity contribution in [1.29, 1.82) is 0 Å². The van der Waals surface area contributed by atoms with Crippen molar-refractivity contribution in [2.45, 2.75) is 66.0 Å². The van der Waals surface area contributed by atoms with Crippen LogP contribution in [0.4, 0.5) is 0 Å². The Morgan fingerprint density at radius 3 is 2.33 bits per heavy atom. The highest BCUT2D eigenvalue weighted by Gasteiger charge is 2.30. The molecule has 1 aliphatic rings. The van der Waals surface area contributed by atoms with Crippen molar-refractivity contribution in [1.82, 2.24) is 5.32 Å². The Labute approximate surface area is 130 Å². The molecule has 2 rings (SSSR count). The molecule has 1 saturated heterocycles. The lowest BCUT2D eigenvalue weighted by Gasteiger charge is -2.36. The van der Waals surface area contributed by atoms with Gasteiger partial charge in [0.1, 0.15) is 0 Å². The predicted molar refractivity (Wildman–Crippen MR) is 89.8 cm³/mol. The molecular formula is C19H31NO. The summed E-state index contributed by atoms with van der Waals surface area (Å²) in [6.45, 7) is 15.2. The fraction of sp³-hybridized carbons (Fsp3) is 0.684.